The summed E-state index contributed by atoms with van der Waals surface area (Å²) in [4.78, 5) is 0. The molecule has 0 saturated carbocycles. The quantitative estimate of drug-likeness (QED) is 0.651. The minimum Gasteiger partial charge on any atom is -0.489 e. The second-order valence-electron chi connectivity index (χ2n) is 4.29. The number of rotatable bonds is 10. The minimum atomic E-state index is -0.589. The first kappa shape index (κ1) is 17.5. The fraction of sp³-hybridized carbons (Fsp3) is 0.571. The number of halogens is 2. The Morgan fingerprint density at radius 2 is 2.15 bits per heavy atom. The number of nitrogens with one attached hydrogen (secondary N) is 1. The van der Waals surface area contributed by atoms with E-state index in [1.165, 1.54) is 0 Å². The van der Waals surface area contributed by atoms with E-state index in [0.717, 1.165) is 26.2 Å². The van der Waals surface area contributed by atoms with E-state index in [2.05, 4.69) is 5.32 Å². The van der Waals surface area contributed by atoms with Crippen molar-refractivity contribution < 1.29 is 14.6 Å². The first-order valence-corrected chi connectivity index (χ1v) is 7.43. The molecule has 2 N–H and O–H groups in total. The third-order valence-electron chi connectivity index (χ3n) is 2.55. The first-order valence-electron chi connectivity index (χ1n) is 6.68. The van der Waals surface area contributed by atoms with Crippen LogP contribution in [0, 0.1) is 0 Å². The maximum atomic E-state index is 9.77. The Kier molecular flexibility index (Phi) is 8.98. The predicted molar refractivity (Wildman–Crippen MR) is 81.9 cm³/mol. The zero-order chi connectivity index (χ0) is 14.8. The molecule has 0 heterocycles. The third kappa shape index (κ3) is 7.31. The van der Waals surface area contributed by atoms with E-state index in [0.29, 0.717) is 22.3 Å². The number of benzene rings is 1. The molecule has 6 heteroatoms. The van der Waals surface area contributed by atoms with Crippen molar-refractivity contribution in [1.82, 2.24) is 5.32 Å². The van der Waals surface area contributed by atoms with E-state index in [1.54, 1.807) is 18.2 Å². The monoisotopic (exact) mass is 321 g/mol. The molecular weight excluding hydrogens is 301 g/mol. The van der Waals surface area contributed by atoms with Crippen molar-refractivity contribution in [3.8, 4) is 5.75 Å². The number of hydrogen-bond donors (Lipinski definition) is 2. The third-order valence-corrected chi connectivity index (χ3v) is 3.08. The summed E-state index contributed by atoms with van der Waals surface area (Å²) in [7, 11) is 0. The Hall–Kier alpha value is -0.520. The van der Waals surface area contributed by atoms with Crippen molar-refractivity contribution in [3.05, 3.63) is 28.2 Å². The van der Waals surface area contributed by atoms with Crippen LogP contribution in [0.5, 0.6) is 5.75 Å². The highest BCUT2D eigenvalue weighted by atomic mass is 35.5. The Morgan fingerprint density at radius 1 is 1.35 bits per heavy atom. The van der Waals surface area contributed by atoms with Crippen LogP contribution in [-0.2, 0) is 4.74 Å². The first-order chi connectivity index (χ1) is 9.63. The average Bonchev–Trinajstić information content (AvgIpc) is 2.41. The maximum absolute atomic E-state index is 9.77. The highest BCUT2D eigenvalue weighted by molar-refractivity contribution is 6.35. The molecule has 20 heavy (non-hydrogen) atoms. The minimum absolute atomic E-state index is 0.180. The van der Waals surface area contributed by atoms with Crippen LogP contribution in [0.2, 0.25) is 10.0 Å². The van der Waals surface area contributed by atoms with E-state index < -0.39 is 6.10 Å². The summed E-state index contributed by atoms with van der Waals surface area (Å²) in [6, 6.07) is 4.99. The molecule has 1 unspecified atom stereocenters. The van der Waals surface area contributed by atoms with Crippen LogP contribution in [0.4, 0.5) is 0 Å². The smallest absolute Gasteiger partial charge is 0.138 e. The van der Waals surface area contributed by atoms with E-state index in [4.69, 9.17) is 32.7 Å². The van der Waals surface area contributed by atoms with Gasteiger partial charge < -0.3 is 19.9 Å². The van der Waals surface area contributed by atoms with Gasteiger partial charge in [0.2, 0.25) is 0 Å². The summed E-state index contributed by atoms with van der Waals surface area (Å²) in [5.74, 6) is 0.520. The van der Waals surface area contributed by atoms with Gasteiger partial charge in [-0.15, -0.1) is 0 Å². The van der Waals surface area contributed by atoms with Crippen molar-refractivity contribution in [2.45, 2.75) is 19.4 Å². The van der Waals surface area contributed by atoms with Crippen molar-refractivity contribution in [3.63, 3.8) is 0 Å². The van der Waals surface area contributed by atoms with Gasteiger partial charge in [-0.3, -0.25) is 0 Å². The summed E-state index contributed by atoms with van der Waals surface area (Å²) >= 11 is 11.8. The SMILES string of the molecule is CCOCCCNCC(O)COc1ccc(Cl)cc1Cl. The maximum Gasteiger partial charge on any atom is 0.138 e. The van der Waals surface area contributed by atoms with Crippen LogP contribution < -0.4 is 10.1 Å². The summed E-state index contributed by atoms with van der Waals surface area (Å²) in [6.07, 6.45) is 0.332. The Morgan fingerprint density at radius 3 is 2.85 bits per heavy atom. The zero-order valence-corrected chi connectivity index (χ0v) is 13.1. The van der Waals surface area contributed by atoms with Gasteiger partial charge in [0, 0.05) is 24.8 Å². The molecular formula is C14H21Cl2NO3. The van der Waals surface area contributed by atoms with Crippen LogP contribution in [-0.4, -0.2) is 44.1 Å². The summed E-state index contributed by atoms with van der Waals surface area (Å²) < 4.78 is 10.7. The number of aliphatic hydroxyl groups is 1. The van der Waals surface area contributed by atoms with Crippen LogP contribution in [0.15, 0.2) is 18.2 Å². The summed E-state index contributed by atoms with van der Waals surface area (Å²) in [5, 5.41) is 13.9. The lowest BCUT2D eigenvalue weighted by atomic mass is 10.3. The average molecular weight is 322 g/mol. The lowest BCUT2D eigenvalue weighted by Gasteiger charge is -2.14. The molecule has 0 bridgehead atoms. The fourth-order valence-corrected chi connectivity index (χ4v) is 2.01. The van der Waals surface area contributed by atoms with Crippen LogP contribution in [0.3, 0.4) is 0 Å². The predicted octanol–water partition coefficient (Wildman–Crippen LogP) is 2.75. The molecule has 0 aliphatic heterocycles. The highest BCUT2D eigenvalue weighted by Crippen LogP contribution is 2.27. The largest absolute Gasteiger partial charge is 0.489 e. The molecule has 0 aromatic heterocycles. The molecule has 0 spiro atoms. The number of aliphatic hydroxyl groups excluding tert-OH is 1. The molecule has 1 rings (SSSR count). The van der Waals surface area contributed by atoms with Gasteiger partial charge in [-0.25, -0.2) is 0 Å². The molecule has 0 radical (unpaired) electrons. The van der Waals surface area contributed by atoms with Gasteiger partial charge in [0.1, 0.15) is 18.5 Å². The molecule has 1 atom stereocenters. The van der Waals surface area contributed by atoms with Crippen molar-refractivity contribution >= 4 is 23.2 Å². The highest BCUT2D eigenvalue weighted by Gasteiger charge is 2.07. The number of hydrogen-bond acceptors (Lipinski definition) is 4. The second kappa shape index (κ2) is 10.2. The van der Waals surface area contributed by atoms with E-state index >= 15 is 0 Å². The van der Waals surface area contributed by atoms with Crippen LogP contribution in [0.1, 0.15) is 13.3 Å². The normalized spacial score (nSPS) is 12.4. The lowest BCUT2D eigenvalue weighted by molar-refractivity contribution is 0.104. The second-order valence-corrected chi connectivity index (χ2v) is 5.14. The standard InChI is InChI=1S/C14H21Cl2NO3/c1-2-19-7-3-6-17-9-12(18)10-20-14-5-4-11(15)8-13(14)16/h4-5,8,12,17-18H,2-3,6-7,9-10H2,1H3. The summed E-state index contributed by atoms with van der Waals surface area (Å²) in [5.41, 5.74) is 0. The Bertz CT molecular complexity index is 391. The Labute approximate surface area is 130 Å². The van der Waals surface area contributed by atoms with Gasteiger partial charge in [0.15, 0.2) is 0 Å². The van der Waals surface area contributed by atoms with Crippen LogP contribution >= 0.6 is 23.2 Å². The molecule has 1 aromatic carbocycles. The molecule has 4 nitrogen and oxygen atoms in total. The molecule has 0 aliphatic rings. The van der Waals surface area contributed by atoms with E-state index in [-0.39, 0.29) is 6.61 Å². The van der Waals surface area contributed by atoms with Gasteiger partial charge in [-0.1, -0.05) is 23.2 Å². The molecule has 0 aliphatic carbocycles. The van der Waals surface area contributed by atoms with Gasteiger partial charge >= 0.3 is 0 Å². The van der Waals surface area contributed by atoms with Gasteiger partial charge in [0.25, 0.3) is 0 Å². The van der Waals surface area contributed by atoms with Gasteiger partial charge in [-0.05, 0) is 38.1 Å². The van der Waals surface area contributed by atoms with Crippen molar-refractivity contribution in [2.24, 2.45) is 0 Å². The topological polar surface area (TPSA) is 50.7 Å². The Balaban J connectivity index is 2.14. The molecule has 0 amide bonds. The molecule has 0 fully saturated rings. The molecule has 114 valence electrons. The van der Waals surface area contributed by atoms with E-state index in [9.17, 15) is 5.11 Å². The zero-order valence-electron chi connectivity index (χ0n) is 11.6. The summed E-state index contributed by atoms with van der Waals surface area (Å²) in [6.45, 7) is 4.89. The fourth-order valence-electron chi connectivity index (χ4n) is 1.55. The lowest BCUT2D eigenvalue weighted by Crippen LogP contribution is -2.32. The molecule has 1 aromatic rings. The van der Waals surface area contributed by atoms with Gasteiger partial charge in [-0.2, -0.15) is 0 Å². The van der Waals surface area contributed by atoms with Gasteiger partial charge in [0.05, 0.1) is 5.02 Å². The van der Waals surface area contributed by atoms with Crippen molar-refractivity contribution in [1.29, 1.82) is 0 Å². The van der Waals surface area contributed by atoms with Crippen molar-refractivity contribution in [2.75, 3.05) is 32.9 Å². The van der Waals surface area contributed by atoms with Crippen LogP contribution in [0.25, 0.3) is 0 Å². The molecule has 0 saturated heterocycles. The number of ether oxygens (including phenoxy) is 2. The van der Waals surface area contributed by atoms with E-state index in [1.807, 2.05) is 6.92 Å².